The summed E-state index contributed by atoms with van der Waals surface area (Å²) in [4.78, 5) is 14.7. The molecule has 1 fully saturated rings. The number of fused-ring (bicyclic) bond motifs is 1. The van der Waals surface area contributed by atoms with Gasteiger partial charge in [-0.1, -0.05) is 11.2 Å². The zero-order valence-electron chi connectivity index (χ0n) is 17.7. The molecule has 1 aromatic carbocycles. The summed E-state index contributed by atoms with van der Waals surface area (Å²) in [7, 11) is -3.78. The molecule has 1 atom stereocenters. The van der Waals surface area contributed by atoms with Crippen LogP contribution in [0.4, 0.5) is 0 Å². The Kier molecular flexibility index (Phi) is 6.19. The number of carbonyl (C=O) groups is 1. The molecule has 0 unspecified atom stereocenters. The van der Waals surface area contributed by atoms with Crippen LogP contribution in [0.1, 0.15) is 48.7 Å². The third-order valence-electron chi connectivity index (χ3n) is 5.60. The molecule has 0 saturated carbocycles. The number of hydrogen-bond donors (Lipinski definition) is 1. The minimum absolute atomic E-state index is 0.00951. The average Bonchev–Trinajstić information content (AvgIpc) is 3.27. The Labute approximate surface area is 181 Å². The first kappa shape index (κ1) is 21.6. The van der Waals surface area contributed by atoms with E-state index >= 15 is 0 Å². The van der Waals surface area contributed by atoms with E-state index in [-0.39, 0.29) is 35.6 Å². The molecular formula is C21H27N3O6S. The predicted molar refractivity (Wildman–Crippen MR) is 112 cm³/mol. The largest absolute Gasteiger partial charge is 0.490 e. The van der Waals surface area contributed by atoms with Crippen LogP contribution in [-0.4, -0.2) is 50.7 Å². The van der Waals surface area contributed by atoms with Gasteiger partial charge in [0.05, 0.1) is 19.3 Å². The van der Waals surface area contributed by atoms with Gasteiger partial charge in [0.2, 0.25) is 15.9 Å². The number of rotatable bonds is 6. The summed E-state index contributed by atoms with van der Waals surface area (Å²) >= 11 is 0. The third-order valence-corrected chi connectivity index (χ3v) is 7.30. The zero-order valence-corrected chi connectivity index (χ0v) is 18.5. The Morgan fingerprint density at radius 3 is 2.71 bits per heavy atom. The number of likely N-dealkylation sites (tertiary alicyclic amines) is 1. The topological polar surface area (TPSA) is 111 Å². The number of carbonyl (C=O) groups excluding carboxylic acids is 1. The summed E-state index contributed by atoms with van der Waals surface area (Å²) in [6, 6.07) is 5.78. The van der Waals surface area contributed by atoms with Gasteiger partial charge in [-0.25, -0.2) is 13.1 Å². The van der Waals surface area contributed by atoms with Gasteiger partial charge in [0, 0.05) is 25.9 Å². The summed E-state index contributed by atoms with van der Waals surface area (Å²) in [5.41, 5.74) is 1.30. The SMILES string of the molecule is Cc1noc(C)c1S(=O)(=O)NCCC(=O)N1CCC[C@@H]1c1ccc2c(c1)OCCCO2. The van der Waals surface area contributed by atoms with Crippen molar-refractivity contribution >= 4 is 15.9 Å². The molecule has 31 heavy (non-hydrogen) atoms. The van der Waals surface area contributed by atoms with Crippen molar-refractivity contribution in [2.24, 2.45) is 0 Å². The smallest absolute Gasteiger partial charge is 0.245 e. The number of benzene rings is 1. The number of nitrogens with zero attached hydrogens (tertiary/aromatic N) is 2. The van der Waals surface area contributed by atoms with Crippen molar-refractivity contribution in [3.8, 4) is 11.5 Å². The van der Waals surface area contributed by atoms with Crippen molar-refractivity contribution in [2.75, 3.05) is 26.3 Å². The second kappa shape index (κ2) is 8.88. The summed E-state index contributed by atoms with van der Waals surface area (Å²) < 4.78 is 44.0. The molecule has 2 aromatic rings. The van der Waals surface area contributed by atoms with Crippen LogP contribution in [0.3, 0.4) is 0 Å². The lowest BCUT2D eigenvalue weighted by Gasteiger charge is -2.26. The molecule has 168 valence electrons. The van der Waals surface area contributed by atoms with Crippen LogP contribution < -0.4 is 14.2 Å². The van der Waals surface area contributed by atoms with E-state index in [0.29, 0.717) is 31.2 Å². The van der Waals surface area contributed by atoms with Gasteiger partial charge in [-0.3, -0.25) is 4.79 Å². The molecule has 1 N–H and O–H groups in total. The Hall–Kier alpha value is -2.59. The van der Waals surface area contributed by atoms with Crippen molar-refractivity contribution in [1.82, 2.24) is 14.8 Å². The van der Waals surface area contributed by atoms with Gasteiger partial charge in [0.25, 0.3) is 0 Å². The molecule has 0 aliphatic carbocycles. The molecule has 0 radical (unpaired) electrons. The molecular weight excluding hydrogens is 422 g/mol. The Morgan fingerprint density at radius 2 is 1.97 bits per heavy atom. The van der Waals surface area contributed by atoms with Gasteiger partial charge in [0.1, 0.15) is 10.6 Å². The molecule has 2 aliphatic rings. The van der Waals surface area contributed by atoms with Crippen molar-refractivity contribution in [3.05, 3.63) is 35.2 Å². The molecule has 10 heteroatoms. The monoisotopic (exact) mass is 449 g/mol. The summed E-state index contributed by atoms with van der Waals surface area (Å²) in [6.07, 6.45) is 2.66. The second-order valence-electron chi connectivity index (χ2n) is 7.80. The first-order valence-electron chi connectivity index (χ1n) is 10.5. The maximum Gasteiger partial charge on any atom is 0.245 e. The van der Waals surface area contributed by atoms with Crippen LogP contribution >= 0.6 is 0 Å². The van der Waals surface area contributed by atoms with E-state index < -0.39 is 10.0 Å². The van der Waals surface area contributed by atoms with Crippen molar-refractivity contribution in [2.45, 2.75) is 50.5 Å². The highest BCUT2D eigenvalue weighted by molar-refractivity contribution is 7.89. The summed E-state index contributed by atoms with van der Waals surface area (Å²) in [5, 5.41) is 3.68. The molecule has 9 nitrogen and oxygen atoms in total. The van der Waals surface area contributed by atoms with Crippen LogP contribution in [0.2, 0.25) is 0 Å². The van der Waals surface area contributed by atoms with Crippen molar-refractivity contribution in [3.63, 3.8) is 0 Å². The maximum atomic E-state index is 12.9. The van der Waals surface area contributed by atoms with E-state index in [1.807, 2.05) is 23.1 Å². The fraction of sp³-hybridized carbons (Fsp3) is 0.524. The predicted octanol–water partition coefficient (Wildman–Crippen LogP) is 2.48. The highest BCUT2D eigenvalue weighted by Crippen LogP contribution is 2.38. The van der Waals surface area contributed by atoms with Gasteiger partial charge in [-0.05, 0) is 44.4 Å². The second-order valence-corrected chi connectivity index (χ2v) is 9.51. The van der Waals surface area contributed by atoms with E-state index in [2.05, 4.69) is 9.88 Å². The number of nitrogens with one attached hydrogen (secondary N) is 1. The summed E-state index contributed by atoms with van der Waals surface area (Å²) in [6.45, 7) is 5.01. The molecule has 0 bridgehead atoms. The molecule has 2 aliphatic heterocycles. The average molecular weight is 450 g/mol. The van der Waals surface area contributed by atoms with Crippen LogP contribution in [0.25, 0.3) is 0 Å². The fourth-order valence-electron chi connectivity index (χ4n) is 4.17. The lowest BCUT2D eigenvalue weighted by molar-refractivity contribution is -0.131. The first-order valence-corrected chi connectivity index (χ1v) is 12.0. The van der Waals surface area contributed by atoms with E-state index in [1.165, 1.54) is 0 Å². The van der Waals surface area contributed by atoms with Crippen LogP contribution in [0, 0.1) is 13.8 Å². The molecule has 1 saturated heterocycles. The Morgan fingerprint density at radius 1 is 1.19 bits per heavy atom. The Bertz CT molecular complexity index is 1050. The molecule has 3 heterocycles. The standard InChI is InChI=1S/C21H27N3O6S/c1-14-21(15(2)30-23-14)31(26,27)22-9-8-20(25)24-10-3-5-17(24)16-6-7-18-19(13-16)29-12-4-11-28-18/h6-7,13,17,22H,3-5,8-12H2,1-2H3/t17-/m1/s1. The molecule has 1 aromatic heterocycles. The lowest BCUT2D eigenvalue weighted by atomic mass is 10.0. The minimum Gasteiger partial charge on any atom is -0.490 e. The van der Waals surface area contributed by atoms with Gasteiger partial charge < -0.3 is 18.9 Å². The fourth-order valence-corrected chi connectivity index (χ4v) is 5.52. The minimum atomic E-state index is -3.78. The Balaban J connectivity index is 1.40. The lowest BCUT2D eigenvalue weighted by Crippen LogP contribution is -2.34. The van der Waals surface area contributed by atoms with E-state index in [0.717, 1.165) is 30.6 Å². The van der Waals surface area contributed by atoms with Crippen molar-refractivity contribution in [1.29, 1.82) is 0 Å². The van der Waals surface area contributed by atoms with E-state index in [1.54, 1.807) is 13.8 Å². The molecule has 4 rings (SSSR count). The summed E-state index contributed by atoms with van der Waals surface area (Å²) in [5.74, 6) is 1.58. The number of aryl methyl sites for hydroxylation is 2. The first-order chi connectivity index (χ1) is 14.9. The van der Waals surface area contributed by atoms with Gasteiger partial charge in [0.15, 0.2) is 17.3 Å². The number of hydrogen-bond acceptors (Lipinski definition) is 7. The highest BCUT2D eigenvalue weighted by atomic mass is 32.2. The van der Waals surface area contributed by atoms with Crippen molar-refractivity contribution < 1.29 is 27.2 Å². The number of amides is 1. The number of aromatic nitrogens is 1. The number of ether oxygens (including phenoxy) is 2. The molecule has 0 spiro atoms. The third kappa shape index (κ3) is 4.54. The van der Waals surface area contributed by atoms with Crippen LogP contribution in [0.15, 0.2) is 27.6 Å². The van der Waals surface area contributed by atoms with E-state index in [9.17, 15) is 13.2 Å². The number of sulfonamides is 1. The quantitative estimate of drug-likeness (QED) is 0.721. The van der Waals surface area contributed by atoms with Crippen LogP contribution in [-0.2, 0) is 14.8 Å². The van der Waals surface area contributed by atoms with Gasteiger partial charge in [-0.15, -0.1) is 0 Å². The van der Waals surface area contributed by atoms with Crippen LogP contribution in [0.5, 0.6) is 11.5 Å². The van der Waals surface area contributed by atoms with Gasteiger partial charge in [-0.2, -0.15) is 0 Å². The van der Waals surface area contributed by atoms with E-state index in [4.69, 9.17) is 14.0 Å². The normalized spacial score (nSPS) is 18.8. The van der Waals surface area contributed by atoms with Gasteiger partial charge >= 0.3 is 0 Å². The maximum absolute atomic E-state index is 12.9. The highest BCUT2D eigenvalue weighted by Gasteiger charge is 2.31. The zero-order chi connectivity index (χ0) is 22.0. The molecule has 1 amide bonds.